The van der Waals surface area contributed by atoms with Crippen LogP contribution in [0.1, 0.15) is 32.4 Å². The number of hydrogen-bond donors (Lipinski definition) is 1. The molecule has 3 heterocycles. The van der Waals surface area contributed by atoms with Gasteiger partial charge in [0, 0.05) is 24.0 Å². The highest BCUT2D eigenvalue weighted by atomic mass is 16.5. The third-order valence-corrected chi connectivity index (χ3v) is 5.60. The summed E-state index contributed by atoms with van der Waals surface area (Å²) in [4.78, 5) is 7.46. The number of hydrogen-bond acceptors (Lipinski definition) is 4. The van der Waals surface area contributed by atoms with Crippen LogP contribution in [0.25, 0.3) is 16.9 Å². The minimum atomic E-state index is 0.533. The van der Waals surface area contributed by atoms with Crippen LogP contribution in [0.4, 0.5) is 5.69 Å². The highest BCUT2D eigenvalue weighted by Crippen LogP contribution is 2.29. The van der Waals surface area contributed by atoms with Gasteiger partial charge in [0.15, 0.2) is 0 Å². The van der Waals surface area contributed by atoms with Gasteiger partial charge < -0.3 is 14.9 Å². The Morgan fingerprint density at radius 2 is 1.90 bits per heavy atom. The predicted molar refractivity (Wildman–Crippen MR) is 119 cm³/mol. The van der Waals surface area contributed by atoms with Crippen LogP contribution in [-0.2, 0) is 6.54 Å². The summed E-state index contributed by atoms with van der Waals surface area (Å²) in [5, 5.41) is 0. The Balaban J connectivity index is 1.67. The van der Waals surface area contributed by atoms with Gasteiger partial charge in [-0.25, -0.2) is 4.98 Å². The van der Waals surface area contributed by atoms with Crippen LogP contribution in [0.5, 0.6) is 5.75 Å². The van der Waals surface area contributed by atoms with Crippen molar-refractivity contribution in [2.45, 2.75) is 33.2 Å². The van der Waals surface area contributed by atoms with E-state index < -0.39 is 0 Å². The largest absolute Gasteiger partial charge is 0.489 e. The molecule has 0 radical (unpaired) electrons. The van der Waals surface area contributed by atoms with E-state index in [2.05, 4.69) is 34.9 Å². The Morgan fingerprint density at radius 1 is 1.17 bits per heavy atom. The van der Waals surface area contributed by atoms with Gasteiger partial charge in [0.25, 0.3) is 0 Å². The van der Waals surface area contributed by atoms with Crippen molar-refractivity contribution in [2.24, 2.45) is 5.92 Å². The van der Waals surface area contributed by atoms with Crippen LogP contribution in [0.15, 0.2) is 54.7 Å². The van der Waals surface area contributed by atoms with Gasteiger partial charge in [-0.05, 0) is 80.7 Å². The fraction of sp³-hybridized carbons (Fsp3) is 0.375. The van der Waals surface area contributed by atoms with Crippen molar-refractivity contribution in [1.29, 1.82) is 0 Å². The number of piperidine rings is 1. The van der Waals surface area contributed by atoms with E-state index in [9.17, 15) is 0 Å². The Kier molecular flexibility index (Phi) is 5.58. The molecule has 29 heavy (non-hydrogen) atoms. The third kappa shape index (κ3) is 4.46. The lowest BCUT2D eigenvalue weighted by Crippen LogP contribution is -2.32. The normalized spacial score (nSPS) is 15.7. The highest BCUT2D eigenvalue weighted by molar-refractivity contribution is 5.68. The topological polar surface area (TPSA) is 55.8 Å². The zero-order chi connectivity index (χ0) is 20.4. The number of nitrogens with two attached hydrogens (primary N) is 1. The number of benzene rings is 1. The van der Waals surface area contributed by atoms with Gasteiger partial charge in [-0.15, -0.1) is 0 Å². The molecule has 0 unspecified atom stereocenters. The molecule has 2 N–H and O–H groups in total. The lowest BCUT2D eigenvalue weighted by atomic mass is 9.99. The standard InChI is InChI=1S/C24H30N4O/c1-17(2)16-29-21-7-4-19(5-8-21)24-22(15-27-12-10-18(3)11-13-27)28-14-20(25)6-9-23(28)26-24/h4-9,14,18H,1,10-13,15-16,25H2,2-3H3. The zero-order valence-corrected chi connectivity index (χ0v) is 17.4. The number of nitrogens with zero attached hydrogens (tertiary/aromatic N) is 3. The molecule has 5 heteroatoms. The SMILES string of the molecule is C=C(C)COc1ccc(-c2nc3ccc(N)cn3c2CN2CCC(C)CC2)cc1. The summed E-state index contributed by atoms with van der Waals surface area (Å²) in [6.45, 7) is 11.9. The molecule has 0 bridgehead atoms. The first-order valence-corrected chi connectivity index (χ1v) is 10.4. The molecular weight excluding hydrogens is 360 g/mol. The number of rotatable bonds is 6. The second-order valence-corrected chi connectivity index (χ2v) is 8.33. The van der Waals surface area contributed by atoms with Gasteiger partial charge in [0.2, 0.25) is 0 Å². The Morgan fingerprint density at radius 3 is 2.59 bits per heavy atom. The number of imidazole rings is 1. The van der Waals surface area contributed by atoms with E-state index in [0.29, 0.717) is 6.61 Å². The number of aromatic nitrogens is 2. The van der Waals surface area contributed by atoms with Gasteiger partial charge in [-0.3, -0.25) is 4.90 Å². The number of pyridine rings is 1. The summed E-state index contributed by atoms with van der Waals surface area (Å²) in [5.41, 5.74) is 12.1. The Bertz CT molecular complexity index is 998. The molecule has 4 rings (SSSR count). The molecule has 5 nitrogen and oxygen atoms in total. The van der Waals surface area contributed by atoms with Crippen LogP contribution < -0.4 is 10.5 Å². The second kappa shape index (κ2) is 8.29. The smallest absolute Gasteiger partial charge is 0.137 e. The second-order valence-electron chi connectivity index (χ2n) is 8.33. The molecule has 152 valence electrons. The third-order valence-electron chi connectivity index (χ3n) is 5.60. The molecule has 0 atom stereocenters. The fourth-order valence-electron chi connectivity index (χ4n) is 3.84. The van der Waals surface area contributed by atoms with Crippen molar-refractivity contribution < 1.29 is 4.74 Å². The maximum atomic E-state index is 6.08. The monoisotopic (exact) mass is 390 g/mol. The van der Waals surface area contributed by atoms with E-state index in [1.54, 1.807) is 0 Å². The van der Waals surface area contributed by atoms with Crippen molar-refractivity contribution in [3.63, 3.8) is 0 Å². The average molecular weight is 391 g/mol. The van der Waals surface area contributed by atoms with Crippen LogP contribution in [-0.4, -0.2) is 34.0 Å². The van der Waals surface area contributed by atoms with Gasteiger partial charge in [-0.1, -0.05) is 13.5 Å². The lowest BCUT2D eigenvalue weighted by Gasteiger charge is -2.30. The molecule has 0 aliphatic carbocycles. The molecule has 1 aliphatic heterocycles. The molecule has 1 aromatic carbocycles. The first-order chi connectivity index (χ1) is 14.0. The molecule has 1 fully saturated rings. The molecule has 3 aromatic rings. The summed E-state index contributed by atoms with van der Waals surface area (Å²) in [6, 6.07) is 12.1. The van der Waals surface area contributed by atoms with Gasteiger partial charge in [0.1, 0.15) is 18.0 Å². The Hall–Kier alpha value is -2.79. The fourth-order valence-corrected chi connectivity index (χ4v) is 3.84. The minimum Gasteiger partial charge on any atom is -0.489 e. The quantitative estimate of drug-likeness (QED) is 0.616. The summed E-state index contributed by atoms with van der Waals surface area (Å²) >= 11 is 0. The summed E-state index contributed by atoms with van der Waals surface area (Å²) in [7, 11) is 0. The van der Waals surface area contributed by atoms with Crippen molar-refractivity contribution in [3.8, 4) is 17.0 Å². The van der Waals surface area contributed by atoms with E-state index >= 15 is 0 Å². The minimum absolute atomic E-state index is 0.533. The van der Waals surface area contributed by atoms with Gasteiger partial charge in [0.05, 0.1) is 11.4 Å². The predicted octanol–water partition coefficient (Wildman–Crippen LogP) is 4.77. The van der Waals surface area contributed by atoms with Crippen LogP contribution in [0.2, 0.25) is 0 Å². The molecular formula is C24H30N4O. The van der Waals surface area contributed by atoms with Gasteiger partial charge in [-0.2, -0.15) is 0 Å². The summed E-state index contributed by atoms with van der Waals surface area (Å²) < 4.78 is 7.89. The highest BCUT2D eigenvalue weighted by Gasteiger charge is 2.21. The summed E-state index contributed by atoms with van der Waals surface area (Å²) in [5.74, 6) is 1.66. The molecule has 0 saturated carbocycles. The maximum absolute atomic E-state index is 6.08. The van der Waals surface area contributed by atoms with E-state index in [1.807, 2.05) is 37.4 Å². The average Bonchev–Trinajstić information content (AvgIpc) is 3.06. The van der Waals surface area contributed by atoms with E-state index in [4.69, 9.17) is 15.5 Å². The zero-order valence-electron chi connectivity index (χ0n) is 17.4. The Labute approximate surface area is 172 Å². The van der Waals surface area contributed by atoms with E-state index in [1.165, 1.54) is 18.5 Å². The number of nitrogen functional groups attached to an aromatic ring is 1. The van der Waals surface area contributed by atoms with E-state index in [0.717, 1.165) is 59.5 Å². The molecule has 1 saturated heterocycles. The van der Waals surface area contributed by atoms with E-state index in [-0.39, 0.29) is 0 Å². The van der Waals surface area contributed by atoms with Crippen molar-refractivity contribution >= 4 is 11.3 Å². The first kappa shape index (κ1) is 19.5. The molecule has 0 spiro atoms. The molecule has 0 amide bonds. The summed E-state index contributed by atoms with van der Waals surface area (Å²) in [6.07, 6.45) is 4.49. The first-order valence-electron chi connectivity index (χ1n) is 10.4. The van der Waals surface area contributed by atoms with Crippen molar-refractivity contribution in [3.05, 3.63) is 60.4 Å². The molecule has 1 aliphatic rings. The molecule has 2 aromatic heterocycles. The number of ether oxygens (including phenoxy) is 1. The van der Waals surface area contributed by atoms with Crippen molar-refractivity contribution in [1.82, 2.24) is 14.3 Å². The number of anilines is 1. The van der Waals surface area contributed by atoms with Crippen LogP contribution in [0, 0.1) is 5.92 Å². The maximum Gasteiger partial charge on any atom is 0.137 e. The van der Waals surface area contributed by atoms with Gasteiger partial charge >= 0.3 is 0 Å². The van der Waals surface area contributed by atoms with Crippen molar-refractivity contribution in [2.75, 3.05) is 25.4 Å². The number of fused-ring (bicyclic) bond motifs is 1. The number of likely N-dealkylation sites (tertiary alicyclic amines) is 1. The van der Waals surface area contributed by atoms with Crippen LogP contribution in [0.3, 0.4) is 0 Å². The van der Waals surface area contributed by atoms with Crippen LogP contribution >= 0.6 is 0 Å². The lowest BCUT2D eigenvalue weighted by molar-refractivity contribution is 0.183.